The Morgan fingerprint density at radius 2 is 2.16 bits per heavy atom. The van der Waals surface area contributed by atoms with Crippen LogP contribution >= 0.6 is 0 Å². The van der Waals surface area contributed by atoms with Crippen molar-refractivity contribution >= 4 is 16.6 Å². The summed E-state index contributed by atoms with van der Waals surface area (Å²) < 4.78 is 0. The van der Waals surface area contributed by atoms with Crippen LogP contribution in [0.4, 0.5) is 5.69 Å². The molecule has 0 amide bonds. The maximum absolute atomic E-state index is 5.76. The van der Waals surface area contributed by atoms with Crippen molar-refractivity contribution in [2.24, 2.45) is 11.7 Å². The number of pyridine rings is 1. The SMILES string of the molecule is NCCC1CC2CC2N1c1cnc2ccccc2c1. The van der Waals surface area contributed by atoms with E-state index in [2.05, 4.69) is 34.1 Å². The van der Waals surface area contributed by atoms with Crippen molar-refractivity contribution in [2.75, 3.05) is 11.4 Å². The Morgan fingerprint density at radius 3 is 3.05 bits per heavy atom. The van der Waals surface area contributed by atoms with E-state index in [0.29, 0.717) is 6.04 Å². The third kappa shape index (κ3) is 1.80. The number of hydrogen-bond donors (Lipinski definition) is 1. The number of aromatic nitrogens is 1. The van der Waals surface area contributed by atoms with Gasteiger partial charge >= 0.3 is 0 Å². The van der Waals surface area contributed by atoms with Crippen LogP contribution in [0.1, 0.15) is 19.3 Å². The average molecular weight is 253 g/mol. The number of fused-ring (bicyclic) bond motifs is 2. The Morgan fingerprint density at radius 1 is 1.26 bits per heavy atom. The van der Waals surface area contributed by atoms with Gasteiger partial charge in [-0.1, -0.05) is 18.2 Å². The van der Waals surface area contributed by atoms with Crippen LogP contribution in [0.2, 0.25) is 0 Å². The van der Waals surface area contributed by atoms with Crippen molar-refractivity contribution in [2.45, 2.75) is 31.3 Å². The van der Waals surface area contributed by atoms with Crippen molar-refractivity contribution in [1.82, 2.24) is 4.98 Å². The van der Waals surface area contributed by atoms with Gasteiger partial charge in [-0.25, -0.2) is 0 Å². The van der Waals surface area contributed by atoms with Gasteiger partial charge in [0.05, 0.1) is 17.4 Å². The molecule has 3 unspecified atom stereocenters. The number of nitrogens with zero attached hydrogens (tertiary/aromatic N) is 2. The monoisotopic (exact) mass is 253 g/mol. The summed E-state index contributed by atoms with van der Waals surface area (Å²) in [6, 6.07) is 12.0. The lowest BCUT2D eigenvalue weighted by atomic mass is 10.1. The largest absolute Gasteiger partial charge is 0.364 e. The fourth-order valence-corrected chi connectivity index (χ4v) is 3.61. The summed E-state index contributed by atoms with van der Waals surface area (Å²) in [6.45, 7) is 0.779. The van der Waals surface area contributed by atoms with Crippen LogP contribution in [0.15, 0.2) is 36.5 Å². The molecule has 1 saturated carbocycles. The van der Waals surface area contributed by atoms with Crippen molar-refractivity contribution in [3.63, 3.8) is 0 Å². The highest BCUT2D eigenvalue weighted by atomic mass is 15.3. The van der Waals surface area contributed by atoms with Crippen LogP contribution in [0.3, 0.4) is 0 Å². The maximum atomic E-state index is 5.76. The topological polar surface area (TPSA) is 42.1 Å². The summed E-state index contributed by atoms with van der Waals surface area (Å²) in [6.07, 6.45) is 5.80. The molecule has 3 heteroatoms. The third-order valence-corrected chi connectivity index (χ3v) is 4.58. The van der Waals surface area contributed by atoms with E-state index in [1.165, 1.54) is 23.9 Å². The molecule has 2 fully saturated rings. The number of anilines is 1. The van der Waals surface area contributed by atoms with Gasteiger partial charge in [0.2, 0.25) is 0 Å². The van der Waals surface area contributed by atoms with E-state index >= 15 is 0 Å². The molecule has 0 bridgehead atoms. The molecular formula is C16H19N3. The molecule has 0 spiro atoms. The minimum Gasteiger partial charge on any atom is -0.364 e. The van der Waals surface area contributed by atoms with Crippen molar-refractivity contribution in [3.8, 4) is 0 Å². The Balaban J connectivity index is 1.72. The standard InChI is InChI=1S/C16H19N3/c17-6-5-13-8-12-9-16(12)19(13)14-7-11-3-1-2-4-15(11)18-10-14/h1-4,7,10,12-13,16H,5-6,8-9,17H2. The highest BCUT2D eigenvalue weighted by Gasteiger charge is 2.51. The summed E-state index contributed by atoms with van der Waals surface area (Å²) >= 11 is 0. The second kappa shape index (κ2) is 4.20. The quantitative estimate of drug-likeness (QED) is 0.914. The fourth-order valence-electron chi connectivity index (χ4n) is 3.61. The van der Waals surface area contributed by atoms with Gasteiger partial charge in [-0.15, -0.1) is 0 Å². The second-order valence-corrected chi connectivity index (χ2v) is 5.82. The van der Waals surface area contributed by atoms with Crippen molar-refractivity contribution < 1.29 is 0 Å². The van der Waals surface area contributed by atoms with Crippen molar-refractivity contribution in [3.05, 3.63) is 36.5 Å². The first-order chi connectivity index (χ1) is 9.36. The van der Waals surface area contributed by atoms with Crippen LogP contribution in [0, 0.1) is 5.92 Å². The highest BCUT2D eigenvalue weighted by Crippen LogP contribution is 2.50. The number of piperidine rings is 1. The molecule has 19 heavy (non-hydrogen) atoms. The van der Waals surface area contributed by atoms with Crippen LogP contribution in [-0.4, -0.2) is 23.6 Å². The average Bonchev–Trinajstić information content (AvgIpc) is 3.10. The lowest BCUT2D eigenvalue weighted by Gasteiger charge is -2.29. The molecule has 1 aromatic carbocycles. The van der Waals surface area contributed by atoms with Gasteiger partial charge < -0.3 is 10.6 Å². The van der Waals surface area contributed by atoms with Gasteiger partial charge in [-0.2, -0.15) is 0 Å². The normalized spacial score (nSPS) is 28.7. The zero-order chi connectivity index (χ0) is 12.8. The van der Waals surface area contributed by atoms with Crippen LogP contribution in [0.25, 0.3) is 10.9 Å². The number of nitrogens with two attached hydrogens (primary N) is 1. The molecule has 2 heterocycles. The zero-order valence-corrected chi connectivity index (χ0v) is 11.0. The predicted octanol–water partition coefficient (Wildman–Crippen LogP) is 2.55. The van der Waals surface area contributed by atoms with E-state index in [1.54, 1.807) is 0 Å². The molecule has 2 aromatic rings. The first kappa shape index (κ1) is 11.2. The molecule has 3 atom stereocenters. The molecule has 1 saturated heterocycles. The molecular weight excluding hydrogens is 234 g/mol. The second-order valence-electron chi connectivity index (χ2n) is 5.82. The minimum absolute atomic E-state index is 0.622. The van der Waals surface area contributed by atoms with Gasteiger partial charge in [0.25, 0.3) is 0 Å². The lowest BCUT2D eigenvalue weighted by molar-refractivity contribution is 0.563. The minimum atomic E-state index is 0.622. The summed E-state index contributed by atoms with van der Waals surface area (Å²) in [5.41, 5.74) is 8.11. The van der Waals surface area contributed by atoms with Crippen LogP contribution in [-0.2, 0) is 0 Å². The lowest BCUT2D eigenvalue weighted by Crippen LogP contribution is -2.34. The summed E-state index contributed by atoms with van der Waals surface area (Å²) in [4.78, 5) is 7.18. The maximum Gasteiger partial charge on any atom is 0.0703 e. The number of para-hydroxylation sites is 1. The first-order valence-corrected chi connectivity index (χ1v) is 7.20. The van der Waals surface area contributed by atoms with E-state index < -0.39 is 0 Å². The molecule has 2 aliphatic rings. The predicted molar refractivity (Wildman–Crippen MR) is 78.2 cm³/mol. The van der Waals surface area contributed by atoms with Gasteiger partial charge in [-0.3, -0.25) is 4.98 Å². The fraction of sp³-hybridized carbons (Fsp3) is 0.438. The number of benzene rings is 1. The third-order valence-electron chi connectivity index (χ3n) is 4.58. The Kier molecular flexibility index (Phi) is 2.49. The number of rotatable bonds is 3. The van der Waals surface area contributed by atoms with Gasteiger partial charge in [-0.05, 0) is 43.9 Å². The molecule has 4 rings (SSSR count). The van der Waals surface area contributed by atoms with E-state index in [-0.39, 0.29) is 0 Å². The highest BCUT2D eigenvalue weighted by molar-refractivity contribution is 5.82. The Bertz CT molecular complexity index is 610. The molecule has 2 N–H and O–H groups in total. The summed E-state index contributed by atoms with van der Waals surface area (Å²) in [5, 5.41) is 1.23. The van der Waals surface area contributed by atoms with Crippen LogP contribution in [0.5, 0.6) is 0 Å². The van der Waals surface area contributed by atoms with Crippen LogP contribution < -0.4 is 10.6 Å². The van der Waals surface area contributed by atoms with Gasteiger partial charge in [0, 0.05) is 17.5 Å². The summed E-state index contributed by atoms with van der Waals surface area (Å²) in [5.74, 6) is 0.906. The molecule has 1 aromatic heterocycles. The summed E-state index contributed by atoms with van der Waals surface area (Å²) in [7, 11) is 0. The molecule has 1 aliphatic heterocycles. The van der Waals surface area contributed by atoms with E-state index in [0.717, 1.165) is 30.4 Å². The molecule has 0 radical (unpaired) electrons. The zero-order valence-electron chi connectivity index (χ0n) is 11.0. The van der Waals surface area contributed by atoms with Crippen molar-refractivity contribution in [1.29, 1.82) is 0 Å². The van der Waals surface area contributed by atoms with Gasteiger partial charge in [0.1, 0.15) is 0 Å². The Labute approximate surface area is 113 Å². The Hall–Kier alpha value is -1.61. The molecule has 1 aliphatic carbocycles. The van der Waals surface area contributed by atoms with E-state index in [4.69, 9.17) is 5.73 Å². The van der Waals surface area contributed by atoms with E-state index in [9.17, 15) is 0 Å². The van der Waals surface area contributed by atoms with Gasteiger partial charge in [0.15, 0.2) is 0 Å². The molecule has 98 valence electrons. The smallest absolute Gasteiger partial charge is 0.0703 e. The first-order valence-electron chi connectivity index (χ1n) is 7.20. The number of hydrogen-bond acceptors (Lipinski definition) is 3. The van der Waals surface area contributed by atoms with E-state index in [1.807, 2.05) is 12.3 Å². The molecule has 3 nitrogen and oxygen atoms in total.